The van der Waals surface area contributed by atoms with E-state index in [2.05, 4.69) is 11.5 Å². The van der Waals surface area contributed by atoms with E-state index in [1.807, 2.05) is 30.3 Å². The Hall–Kier alpha value is -2.22. The molecule has 1 aliphatic heterocycles. The van der Waals surface area contributed by atoms with Crippen molar-refractivity contribution in [1.82, 2.24) is 10.2 Å². The maximum absolute atomic E-state index is 11.6. The first-order valence-corrected chi connectivity index (χ1v) is 6.87. The van der Waals surface area contributed by atoms with E-state index in [0.29, 0.717) is 19.1 Å². The molecule has 0 bridgehead atoms. The van der Waals surface area contributed by atoms with Crippen molar-refractivity contribution in [3.63, 3.8) is 0 Å². The van der Waals surface area contributed by atoms with E-state index in [-0.39, 0.29) is 6.09 Å². The van der Waals surface area contributed by atoms with Crippen molar-refractivity contribution < 1.29 is 9.53 Å². The van der Waals surface area contributed by atoms with E-state index >= 15 is 0 Å². The van der Waals surface area contributed by atoms with E-state index in [0.717, 1.165) is 31.5 Å². The summed E-state index contributed by atoms with van der Waals surface area (Å²) in [4.78, 5) is 13.3. The molecule has 1 amide bonds. The highest BCUT2D eigenvalue weighted by Crippen LogP contribution is 2.15. The summed E-state index contributed by atoms with van der Waals surface area (Å²) in [5.41, 5.74) is 0.977. The second kappa shape index (κ2) is 7.39. The van der Waals surface area contributed by atoms with Crippen LogP contribution in [-0.2, 0) is 11.3 Å². The fourth-order valence-electron chi connectivity index (χ4n) is 2.24. The van der Waals surface area contributed by atoms with Crippen LogP contribution in [-0.4, -0.2) is 30.6 Å². The summed E-state index contributed by atoms with van der Waals surface area (Å²) in [6.45, 7) is 2.47. The Morgan fingerprint density at radius 1 is 1.35 bits per heavy atom. The van der Waals surface area contributed by atoms with Gasteiger partial charge in [-0.05, 0) is 24.3 Å². The average molecular weight is 273 g/mol. The van der Waals surface area contributed by atoms with Gasteiger partial charge in [0.25, 0.3) is 0 Å². The van der Waals surface area contributed by atoms with E-state index in [1.54, 1.807) is 4.90 Å². The van der Waals surface area contributed by atoms with Gasteiger partial charge in [-0.15, -0.1) is 0 Å². The number of hydrogen-bond acceptors (Lipinski definition) is 4. The van der Waals surface area contributed by atoms with Gasteiger partial charge < -0.3 is 15.0 Å². The summed E-state index contributed by atoms with van der Waals surface area (Å²) in [5.74, 6) is 0.434. The van der Waals surface area contributed by atoms with Gasteiger partial charge >= 0.3 is 6.09 Å². The minimum atomic E-state index is -0.378. The van der Waals surface area contributed by atoms with Gasteiger partial charge in [-0.3, -0.25) is 0 Å². The van der Waals surface area contributed by atoms with E-state index < -0.39 is 0 Å². The third-order valence-electron chi connectivity index (χ3n) is 3.50. The molecule has 0 spiro atoms. The van der Waals surface area contributed by atoms with Crippen LogP contribution in [0.15, 0.2) is 30.3 Å². The third-order valence-corrected chi connectivity index (χ3v) is 3.50. The number of amides is 1. The molecule has 0 radical (unpaired) electrons. The second-order valence-corrected chi connectivity index (χ2v) is 4.97. The predicted octanol–water partition coefficient (Wildman–Crippen LogP) is 2.11. The molecule has 1 aliphatic rings. The second-order valence-electron chi connectivity index (χ2n) is 4.97. The van der Waals surface area contributed by atoms with Gasteiger partial charge in [0.05, 0.1) is 0 Å². The maximum Gasteiger partial charge on any atom is 0.407 e. The lowest BCUT2D eigenvalue weighted by atomic mass is 9.97. The molecule has 1 N–H and O–H groups in total. The van der Waals surface area contributed by atoms with Crippen LogP contribution in [0.5, 0.6) is 0 Å². The monoisotopic (exact) mass is 273 g/mol. The molecule has 1 fully saturated rings. The number of benzene rings is 1. The third kappa shape index (κ3) is 4.47. The van der Waals surface area contributed by atoms with Crippen LogP contribution in [0.4, 0.5) is 4.79 Å². The minimum absolute atomic E-state index is 0.291. The van der Waals surface area contributed by atoms with Crippen LogP contribution in [0.1, 0.15) is 18.4 Å². The summed E-state index contributed by atoms with van der Waals surface area (Å²) >= 11 is 0. The minimum Gasteiger partial charge on any atom is -0.445 e. The Bertz CT molecular complexity index is 462. The van der Waals surface area contributed by atoms with Crippen molar-refractivity contribution in [2.24, 2.45) is 5.92 Å². The van der Waals surface area contributed by atoms with Crippen LogP contribution in [0.25, 0.3) is 0 Å². The number of nitrogens with zero attached hydrogens (tertiary/aromatic N) is 2. The zero-order valence-corrected chi connectivity index (χ0v) is 11.4. The first-order valence-electron chi connectivity index (χ1n) is 6.87. The Labute approximate surface area is 119 Å². The molecule has 5 heteroatoms. The Kier molecular flexibility index (Phi) is 5.24. The molecule has 0 aliphatic carbocycles. The summed E-state index contributed by atoms with van der Waals surface area (Å²) in [7, 11) is 0. The average Bonchev–Trinajstić information content (AvgIpc) is 2.52. The lowest BCUT2D eigenvalue weighted by Crippen LogP contribution is -2.36. The number of nitriles is 1. The fraction of sp³-hybridized carbons (Fsp3) is 0.467. The summed E-state index contributed by atoms with van der Waals surface area (Å²) < 4.78 is 5.15. The van der Waals surface area contributed by atoms with Crippen molar-refractivity contribution in [3.8, 4) is 6.19 Å². The molecule has 0 aromatic heterocycles. The number of nitrogens with one attached hydrogen (secondary N) is 1. The van der Waals surface area contributed by atoms with Crippen molar-refractivity contribution in [2.45, 2.75) is 19.4 Å². The molecular formula is C15H19N3O2. The van der Waals surface area contributed by atoms with Gasteiger partial charge in [-0.25, -0.2) is 4.79 Å². The van der Waals surface area contributed by atoms with E-state index in [1.165, 1.54) is 0 Å². The highest BCUT2D eigenvalue weighted by atomic mass is 16.5. The Balaban J connectivity index is 1.62. The zero-order valence-electron chi connectivity index (χ0n) is 11.4. The Morgan fingerprint density at radius 2 is 2.05 bits per heavy atom. The van der Waals surface area contributed by atoms with Gasteiger partial charge in [-0.1, -0.05) is 30.3 Å². The molecule has 0 unspecified atom stereocenters. The topological polar surface area (TPSA) is 65.4 Å². The van der Waals surface area contributed by atoms with Crippen molar-refractivity contribution in [2.75, 3.05) is 19.6 Å². The standard InChI is InChI=1S/C15H19N3O2/c16-12-18-8-6-13(7-9-18)10-17-15(19)20-11-14-4-2-1-3-5-14/h1-5,13H,6-11H2,(H,17,19). The smallest absolute Gasteiger partial charge is 0.407 e. The quantitative estimate of drug-likeness (QED) is 0.853. The number of piperidine rings is 1. The number of carbonyl (C=O) groups is 1. The molecule has 20 heavy (non-hydrogen) atoms. The molecule has 2 rings (SSSR count). The number of carbonyl (C=O) groups excluding carboxylic acids is 1. The van der Waals surface area contributed by atoms with Gasteiger partial charge in [0.1, 0.15) is 6.61 Å². The van der Waals surface area contributed by atoms with Crippen molar-refractivity contribution in [3.05, 3.63) is 35.9 Å². The lowest BCUT2D eigenvalue weighted by Gasteiger charge is -2.27. The number of rotatable bonds is 4. The highest BCUT2D eigenvalue weighted by Gasteiger charge is 2.18. The number of alkyl carbamates (subject to hydrolysis) is 1. The first kappa shape index (κ1) is 14.2. The summed E-state index contributed by atoms with van der Waals surface area (Å²) in [5, 5.41) is 11.6. The number of likely N-dealkylation sites (tertiary alicyclic amines) is 1. The molecule has 1 aromatic rings. The predicted molar refractivity (Wildman–Crippen MR) is 74.5 cm³/mol. The summed E-state index contributed by atoms with van der Waals surface area (Å²) in [6, 6.07) is 9.60. The molecule has 0 atom stereocenters. The van der Waals surface area contributed by atoms with Crippen molar-refractivity contribution >= 4 is 6.09 Å². The molecule has 106 valence electrons. The molecule has 1 aromatic carbocycles. The van der Waals surface area contributed by atoms with Gasteiger partial charge in [0.15, 0.2) is 6.19 Å². The molecule has 5 nitrogen and oxygen atoms in total. The summed E-state index contributed by atoms with van der Waals surface area (Å²) in [6.07, 6.45) is 3.64. The molecule has 1 saturated heterocycles. The van der Waals surface area contributed by atoms with E-state index in [9.17, 15) is 4.79 Å². The van der Waals surface area contributed by atoms with Crippen LogP contribution in [0.3, 0.4) is 0 Å². The maximum atomic E-state index is 11.6. The lowest BCUT2D eigenvalue weighted by molar-refractivity contribution is 0.135. The molecule has 0 saturated carbocycles. The SMILES string of the molecule is N#CN1CCC(CNC(=O)OCc2ccccc2)CC1. The number of ether oxygens (including phenoxy) is 1. The molecular weight excluding hydrogens is 254 g/mol. The zero-order chi connectivity index (χ0) is 14.2. The van der Waals surface area contributed by atoms with Crippen LogP contribution < -0.4 is 5.32 Å². The van der Waals surface area contributed by atoms with Gasteiger partial charge in [0.2, 0.25) is 0 Å². The van der Waals surface area contributed by atoms with Crippen LogP contribution in [0.2, 0.25) is 0 Å². The van der Waals surface area contributed by atoms with Gasteiger partial charge in [0, 0.05) is 19.6 Å². The fourth-order valence-corrected chi connectivity index (χ4v) is 2.24. The Morgan fingerprint density at radius 3 is 2.70 bits per heavy atom. The van der Waals surface area contributed by atoms with Gasteiger partial charge in [-0.2, -0.15) is 5.26 Å². The molecule has 1 heterocycles. The van der Waals surface area contributed by atoms with E-state index in [4.69, 9.17) is 10.00 Å². The highest BCUT2D eigenvalue weighted by molar-refractivity contribution is 5.67. The normalized spacial score (nSPS) is 15.4. The van der Waals surface area contributed by atoms with Crippen molar-refractivity contribution in [1.29, 1.82) is 5.26 Å². The largest absolute Gasteiger partial charge is 0.445 e. The van der Waals surface area contributed by atoms with Crippen LogP contribution in [0, 0.1) is 17.4 Å². The number of hydrogen-bond donors (Lipinski definition) is 1. The van der Waals surface area contributed by atoms with Crippen LogP contribution >= 0.6 is 0 Å². The first-order chi connectivity index (χ1) is 9.78.